The first-order valence-electron chi connectivity index (χ1n) is 12.4. The summed E-state index contributed by atoms with van der Waals surface area (Å²) in [6.45, 7) is 5.31. The third kappa shape index (κ3) is 4.93. The lowest BCUT2D eigenvalue weighted by Crippen LogP contribution is -2.43. The van der Waals surface area contributed by atoms with Crippen molar-refractivity contribution in [3.05, 3.63) is 94.3 Å². The first-order valence-corrected chi connectivity index (χ1v) is 12.4. The number of amides is 3. The molecule has 0 bridgehead atoms. The topological polar surface area (TPSA) is 96.4 Å². The lowest BCUT2D eigenvalue weighted by molar-refractivity contribution is 0.102. The van der Waals surface area contributed by atoms with Gasteiger partial charge in [0.1, 0.15) is 23.1 Å². The van der Waals surface area contributed by atoms with Crippen molar-refractivity contribution in [3.63, 3.8) is 0 Å². The Morgan fingerprint density at radius 2 is 1.73 bits per heavy atom. The summed E-state index contributed by atoms with van der Waals surface area (Å²) in [6.07, 6.45) is 0. The highest BCUT2D eigenvalue weighted by Crippen LogP contribution is 2.40. The maximum absolute atomic E-state index is 14.8. The number of aromatic nitrogens is 2. The van der Waals surface area contributed by atoms with Crippen LogP contribution in [0.3, 0.4) is 0 Å². The van der Waals surface area contributed by atoms with E-state index < -0.39 is 35.1 Å². The summed E-state index contributed by atoms with van der Waals surface area (Å²) in [5.41, 5.74) is 2.41. The van der Waals surface area contributed by atoms with Crippen molar-refractivity contribution >= 4 is 29.1 Å². The average Bonchev–Trinajstić information content (AvgIpc) is 2.92. The van der Waals surface area contributed by atoms with Crippen LogP contribution in [0.1, 0.15) is 34.0 Å². The molecule has 0 saturated carbocycles. The molecule has 3 amide bonds. The van der Waals surface area contributed by atoms with Gasteiger partial charge >= 0.3 is 12.0 Å². The smallest absolute Gasteiger partial charge is 0.328 e. The molecule has 3 aromatic carbocycles. The maximum Gasteiger partial charge on any atom is 0.328 e. The fraction of sp³-hybridized carbons (Fsp3) is 0.172. The quantitative estimate of drug-likeness (QED) is 0.300. The number of nitrogens with one attached hydrogen (secondary N) is 2. The van der Waals surface area contributed by atoms with Crippen LogP contribution in [0.2, 0.25) is 0 Å². The molecule has 0 unspecified atom stereocenters. The van der Waals surface area contributed by atoms with Gasteiger partial charge in [-0.2, -0.15) is 9.97 Å². The van der Waals surface area contributed by atoms with Gasteiger partial charge in [0.2, 0.25) is 0 Å². The van der Waals surface area contributed by atoms with Gasteiger partial charge in [0.05, 0.1) is 18.8 Å². The zero-order chi connectivity index (χ0) is 28.6. The van der Waals surface area contributed by atoms with E-state index >= 15 is 0 Å². The highest BCUT2D eigenvalue weighted by molar-refractivity contribution is 6.05. The molecule has 0 aliphatic carbocycles. The van der Waals surface area contributed by atoms with Crippen LogP contribution < -0.4 is 20.3 Å². The Bertz CT molecular complexity index is 1640. The number of urea groups is 1. The molecule has 204 valence electrons. The monoisotopic (exact) mass is 547 g/mol. The number of ether oxygens (including phenoxy) is 1. The molecule has 1 aromatic heterocycles. The van der Waals surface area contributed by atoms with Gasteiger partial charge in [-0.05, 0) is 68.3 Å². The SMILES string of the molecule is CCOc1nc(-c2cc(NC(=O)c3ccc(C)c(F)c3)ccc2C)c2c(n1)N(c1c(F)cccc1F)C(=O)NC2. The zero-order valence-electron chi connectivity index (χ0n) is 21.8. The van der Waals surface area contributed by atoms with Gasteiger partial charge in [-0.15, -0.1) is 0 Å². The fourth-order valence-electron chi connectivity index (χ4n) is 4.36. The van der Waals surface area contributed by atoms with E-state index in [0.717, 1.165) is 28.7 Å². The van der Waals surface area contributed by atoms with E-state index in [4.69, 9.17) is 4.74 Å². The van der Waals surface area contributed by atoms with Gasteiger partial charge in [0.25, 0.3) is 5.91 Å². The fourth-order valence-corrected chi connectivity index (χ4v) is 4.36. The van der Waals surface area contributed by atoms with Crippen molar-refractivity contribution in [1.82, 2.24) is 15.3 Å². The number of anilines is 3. The van der Waals surface area contributed by atoms with Gasteiger partial charge in [-0.25, -0.2) is 22.9 Å². The molecule has 0 fully saturated rings. The number of hydrogen-bond acceptors (Lipinski definition) is 5. The number of rotatable bonds is 6. The molecule has 0 atom stereocenters. The summed E-state index contributed by atoms with van der Waals surface area (Å²) in [4.78, 5) is 35.4. The molecule has 11 heteroatoms. The highest BCUT2D eigenvalue weighted by Gasteiger charge is 2.34. The van der Waals surface area contributed by atoms with E-state index in [2.05, 4.69) is 20.6 Å². The van der Waals surface area contributed by atoms with E-state index in [0.29, 0.717) is 28.1 Å². The minimum Gasteiger partial charge on any atom is -0.464 e. The molecule has 40 heavy (non-hydrogen) atoms. The Balaban J connectivity index is 1.62. The molecule has 0 radical (unpaired) electrons. The van der Waals surface area contributed by atoms with Crippen molar-refractivity contribution in [1.29, 1.82) is 0 Å². The average molecular weight is 548 g/mol. The molecule has 4 aromatic rings. The number of aryl methyl sites for hydroxylation is 2. The Labute approximate surface area is 227 Å². The Morgan fingerprint density at radius 3 is 2.42 bits per heavy atom. The van der Waals surface area contributed by atoms with Crippen LogP contribution in [0.4, 0.5) is 35.2 Å². The highest BCUT2D eigenvalue weighted by atomic mass is 19.1. The van der Waals surface area contributed by atoms with Gasteiger partial charge in [-0.3, -0.25) is 4.79 Å². The second-order valence-electron chi connectivity index (χ2n) is 9.10. The van der Waals surface area contributed by atoms with E-state index in [9.17, 15) is 22.8 Å². The summed E-state index contributed by atoms with van der Waals surface area (Å²) >= 11 is 0. The molecule has 8 nitrogen and oxygen atoms in total. The molecular formula is C29H24F3N5O3. The number of carbonyl (C=O) groups is 2. The van der Waals surface area contributed by atoms with E-state index in [1.807, 2.05) is 6.92 Å². The van der Waals surface area contributed by atoms with Gasteiger partial charge < -0.3 is 15.4 Å². The molecule has 2 heterocycles. The predicted octanol–water partition coefficient (Wildman–Crippen LogP) is 6.19. The first-order chi connectivity index (χ1) is 19.2. The molecule has 0 saturated heterocycles. The first kappa shape index (κ1) is 26.7. The molecule has 2 N–H and O–H groups in total. The van der Waals surface area contributed by atoms with Gasteiger partial charge in [-0.1, -0.05) is 18.2 Å². The zero-order valence-corrected chi connectivity index (χ0v) is 21.8. The second-order valence-corrected chi connectivity index (χ2v) is 9.10. The third-order valence-electron chi connectivity index (χ3n) is 6.42. The lowest BCUT2D eigenvalue weighted by Gasteiger charge is -2.30. The maximum atomic E-state index is 14.8. The number of halogens is 3. The summed E-state index contributed by atoms with van der Waals surface area (Å²) < 4.78 is 49.2. The van der Waals surface area contributed by atoms with E-state index in [-0.39, 0.29) is 30.5 Å². The number of carbonyl (C=O) groups excluding carboxylic acids is 2. The summed E-state index contributed by atoms with van der Waals surface area (Å²) in [5.74, 6) is -2.94. The molecule has 0 spiro atoms. The van der Waals surface area contributed by atoms with Crippen molar-refractivity contribution in [2.24, 2.45) is 0 Å². The van der Waals surface area contributed by atoms with Gasteiger partial charge in [0.15, 0.2) is 5.82 Å². The molecule has 5 rings (SSSR count). The lowest BCUT2D eigenvalue weighted by atomic mass is 9.99. The summed E-state index contributed by atoms with van der Waals surface area (Å²) in [6, 6.07) is 11.7. The normalized spacial score (nSPS) is 12.6. The van der Waals surface area contributed by atoms with Crippen LogP contribution in [-0.2, 0) is 6.54 Å². The summed E-state index contributed by atoms with van der Waals surface area (Å²) in [5, 5.41) is 5.39. The van der Waals surface area contributed by atoms with E-state index in [1.165, 1.54) is 18.2 Å². The minimum atomic E-state index is -0.949. The van der Waals surface area contributed by atoms with Crippen molar-refractivity contribution in [2.45, 2.75) is 27.3 Å². The van der Waals surface area contributed by atoms with E-state index in [1.54, 1.807) is 32.0 Å². The Morgan fingerprint density at radius 1 is 1.00 bits per heavy atom. The predicted molar refractivity (Wildman–Crippen MR) is 143 cm³/mol. The third-order valence-corrected chi connectivity index (χ3v) is 6.42. The number of nitrogens with zero attached hydrogens (tertiary/aromatic N) is 3. The summed E-state index contributed by atoms with van der Waals surface area (Å²) in [7, 11) is 0. The molecule has 1 aliphatic heterocycles. The number of para-hydroxylation sites is 1. The van der Waals surface area contributed by atoms with Crippen molar-refractivity contribution in [2.75, 3.05) is 16.8 Å². The Hall–Kier alpha value is -4.93. The number of hydrogen-bond donors (Lipinski definition) is 2. The number of benzene rings is 3. The standard InChI is InChI=1S/C29H24F3N5O3/c1-4-40-28-35-24(20-14-33-29(39)37(26(20)36-28)25-21(30)6-5-7-22(25)31)19-13-18(11-9-15(19)2)34-27(38)17-10-8-16(3)23(32)12-17/h5-13H,4,14H2,1-3H3,(H,33,39)(H,34,38). The van der Waals surface area contributed by atoms with Crippen molar-refractivity contribution in [3.8, 4) is 17.3 Å². The van der Waals surface area contributed by atoms with Crippen LogP contribution >= 0.6 is 0 Å². The van der Waals surface area contributed by atoms with Crippen LogP contribution in [0, 0.1) is 31.3 Å². The van der Waals surface area contributed by atoms with Crippen LogP contribution in [0.25, 0.3) is 11.3 Å². The minimum absolute atomic E-state index is 0.0266. The Kier molecular flexibility index (Phi) is 7.12. The largest absolute Gasteiger partial charge is 0.464 e. The second kappa shape index (κ2) is 10.7. The van der Waals surface area contributed by atoms with Crippen molar-refractivity contribution < 1.29 is 27.5 Å². The molecular weight excluding hydrogens is 523 g/mol. The van der Waals surface area contributed by atoms with Crippen LogP contribution in [0.15, 0.2) is 54.6 Å². The van der Waals surface area contributed by atoms with Crippen LogP contribution in [0.5, 0.6) is 6.01 Å². The van der Waals surface area contributed by atoms with Crippen LogP contribution in [-0.4, -0.2) is 28.5 Å². The molecule has 1 aliphatic rings. The van der Waals surface area contributed by atoms with Gasteiger partial charge in [0, 0.05) is 22.4 Å². The number of fused-ring (bicyclic) bond motifs is 1.